The van der Waals surface area contributed by atoms with Crippen LogP contribution in [0.15, 0.2) is 0 Å². The molecule has 0 N–H and O–H groups in total. The van der Waals surface area contributed by atoms with Crippen LogP contribution in [-0.2, 0) is 4.74 Å². The third-order valence-corrected chi connectivity index (χ3v) is 3.22. The van der Waals surface area contributed by atoms with Gasteiger partial charge in [-0.1, -0.05) is 39.5 Å². The van der Waals surface area contributed by atoms with Gasteiger partial charge in [-0.2, -0.15) is 0 Å². The summed E-state index contributed by atoms with van der Waals surface area (Å²) in [4.78, 5) is 2.55. The minimum Gasteiger partial charge on any atom is -0.379 e. The van der Waals surface area contributed by atoms with E-state index in [1.54, 1.807) is 0 Å². The SMILES string of the molecule is CCCCCCC(C)CN1CCOCC1. The highest BCUT2D eigenvalue weighted by atomic mass is 16.5. The Bertz CT molecular complexity index is 143. The van der Waals surface area contributed by atoms with E-state index in [0.29, 0.717) is 0 Å². The van der Waals surface area contributed by atoms with Gasteiger partial charge in [0.1, 0.15) is 0 Å². The van der Waals surface area contributed by atoms with E-state index in [-0.39, 0.29) is 0 Å². The minimum atomic E-state index is 0.861. The van der Waals surface area contributed by atoms with Gasteiger partial charge < -0.3 is 4.74 Å². The molecule has 1 saturated heterocycles. The molecule has 0 aromatic heterocycles. The number of ether oxygens (including phenoxy) is 1. The highest BCUT2D eigenvalue weighted by molar-refractivity contribution is 4.65. The fourth-order valence-corrected chi connectivity index (χ4v) is 2.24. The number of unbranched alkanes of at least 4 members (excludes halogenated alkanes) is 3. The Balaban J connectivity index is 1.98. The van der Waals surface area contributed by atoms with Crippen molar-refractivity contribution in [2.75, 3.05) is 32.8 Å². The number of hydrogen-bond acceptors (Lipinski definition) is 2. The number of morpholine rings is 1. The van der Waals surface area contributed by atoms with E-state index < -0.39 is 0 Å². The second-order valence-corrected chi connectivity index (χ2v) is 4.87. The van der Waals surface area contributed by atoms with E-state index in [9.17, 15) is 0 Å². The number of hydrogen-bond donors (Lipinski definition) is 0. The fraction of sp³-hybridized carbons (Fsp3) is 1.00. The Morgan fingerprint density at radius 3 is 2.53 bits per heavy atom. The molecule has 0 radical (unpaired) electrons. The highest BCUT2D eigenvalue weighted by Gasteiger charge is 2.13. The Hall–Kier alpha value is -0.0800. The maximum atomic E-state index is 5.35. The molecular formula is C13H27NO. The predicted molar refractivity (Wildman–Crippen MR) is 65.2 cm³/mol. The Labute approximate surface area is 95.0 Å². The van der Waals surface area contributed by atoms with Crippen LogP contribution in [0.25, 0.3) is 0 Å². The maximum absolute atomic E-state index is 5.35. The van der Waals surface area contributed by atoms with Crippen LogP contribution < -0.4 is 0 Å². The van der Waals surface area contributed by atoms with E-state index in [4.69, 9.17) is 4.74 Å². The van der Waals surface area contributed by atoms with Crippen LogP contribution in [0.5, 0.6) is 0 Å². The van der Waals surface area contributed by atoms with E-state index in [1.165, 1.54) is 38.6 Å². The third-order valence-electron chi connectivity index (χ3n) is 3.22. The van der Waals surface area contributed by atoms with Crippen molar-refractivity contribution in [2.24, 2.45) is 5.92 Å². The largest absolute Gasteiger partial charge is 0.379 e. The molecule has 2 heteroatoms. The monoisotopic (exact) mass is 213 g/mol. The van der Waals surface area contributed by atoms with Crippen molar-refractivity contribution in [3.63, 3.8) is 0 Å². The van der Waals surface area contributed by atoms with Crippen molar-refractivity contribution >= 4 is 0 Å². The normalized spacial score (nSPS) is 20.4. The van der Waals surface area contributed by atoms with Crippen LogP contribution in [0.2, 0.25) is 0 Å². The molecule has 1 aliphatic heterocycles. The van der Waals surface area contributed by atoms with Crippen molar-refractivity contribution < 1.29 is 4.74 Å². The second kappa shape index (κ2) is 8.12. The van der Waals surface area contributed by atoms with Crippen molar-refractivity contribution in [1.29, 1.82) is 0 Å². The molecule has 1 fully saturated rings. The zero-order valence-corrected chi connectivity index (χ0v) is 10.5. The lowest BCUT2D eigenvalue weighted by molar-refractivity contribution is 0.0311. The van der Waals surface area contributed by atoms with Crippen molar-refractivity contribution in [3.8, 4) is 0 Å². The Morgan fingerprint density at radius 1 is 1.13 bits per heavy atom. The van der Waals surface area contributed by atoms with Gasteiger partial charge >= 0.3 is 0 Å². The molecule has 1 atom stereocenters. The van der Waals surface area contributed by atoms with Crippen molar-refractivity contribution in [2.45, 2.75) is 46.0 Å². The van der Waals surface area contributed by atoms with Gasteiger partial charge in [0.15, 0.2) is 0 Å². The highest BCUT2D eigenvalue weighted by Crippen LogP contribution is 2.12. The van der Waals surface area contributed by atoms with E-state index >= 15 is 0 Å². The van der Waals surface area contributed by atoms with Gasteiger partial charge in [0.05, 0.1) is 13.2 Å². The van der Waals surface area contributed by atoms with Crippen molar-refractivity contribution in [1.82, 2.24) is 4.90 Å². The molecule has 1 heterocycles. The molecule has 0 aromatic carbocycles. The first-order valence-electron chi connectivity index (χ1n) is 6.63. The molecule has 1 aliphatic rings. The molecule has 0 saturated carbocycles. The predicted octanol–water partition coefficient (Wildman–Crippen LogP) is 2.93. The quantitative estimate of drug-likeness (QED) is 0.603. The first-order valence-corrected chi connectivity index (χ1v) is 6.63. The summed E-state index contributed by atoms with van der Waals surface area (Å²) in [5, 5.41) is 0. The standard InChI is InChI=1S/C13H27NO/c1-3-4-5-6-7-13(2)12-14-8-10-15-11-9-14/h13H,3-12H2,1-2H3. The molecule has 1 rings (SSSR count). The molecule has 0 amide bonds. The van der Waals surface area contributed by atoms with E-state index in [1.807, 2.05) is 0 Å². The molecule has 0 bridgehead atoms. The minimum absolute atomic E-state index is 0.861. The molecule has 0 aromatic rings. The molecule has 0 aliphatic carbocycles. The summed E-state index contributed by atoms with van der Waals surface area (Å²) in [6.45, 7) is 10.1. The fourth-order valence-electron chi connectivity index (χ4n) is 2.24. The first kappa shape index (κ1) is 13.0. The van der Waals surface area contributed by atoms with Crippen LogP contribution in [0.1, 0.15) is 46.0 Å². The topological polar surface area (TPSA) is 12.5 Å². The third kappa shape index (κ3) is 6.16. The smallest absolute Gasteiger partial charge is 0.0594 e. The summed E-state index contributed by atoms with van der Waals surface area (Å²) >= 11 is 0. The second-order valence-electron chi connectivity index (χ2n) is 4.87. The van der Waals surface area contributed by atoms with Crippen LogP contribution >= 0.6 is 0 Å². The molecule has 90 valence electrons. The maximum Gasteiger partial charge on any atom is 0.0594 e. The van der Waals surface area contributed by atoms with Crippen LogP contribution in [0, 0.1) is 5.92 Å². The molecular weight excluding hydrogens is 186 g/mol. The zero-order chi connectivity index (χ0) is 10.9. The number of nitrogens with zero attached hydrogens (tertiary/aromatic N) is 1. The molecule has 2 nitrogen and oxygen atoms in total. The van der Waals surface area contributed by atoms with E-state index in [0.717, 1.165) is 32.2 Å². The lowest BCUT2D eigenvalue weighted by Crippen LogP contribution is -2.38. The van der Waals surface area contributed by atoms with Crippen LogP contribution in [-0.4, -0.2) is 37.7 Å². The summed E-state index contributed by atoms with van der Waals surface area (Å²) in [5.41, 5.74) is 0. The van der Waals surface area contributed by atoms with Gasteiger partial charge in [0.2, 0.25) is 0 Å². The summed E-state index contributed by atoms with van der Waals surface area (Å²) in [7, 11) is 0. The summed E-state index contributed by atoms with van der Waals surface area (Å²) < 4.78 is 5.35. The van der Waals surface area contributed by atoms with Gasteiger partial charge in [-0.15, -0.1) is 0 Å². The summed E-state index contributed by atoms with van der Waals surface area (Å²) in [5.74, 6) is 0.861. The number of rotatable bonds is 7. The molecule has 15 heavy (non-hydrogen) atoms. The average molecular weight is 213 g/mol. The lowest BCUT2D eigenvalue weighted by atomic mass is 10.0. The average Bonchev–Trinajstić information content (AvgIpc) is 2.26. The van der Waals surface area contributed by atoms with Gasteiger partial charge in [-0.05, 0) is 12.3 Å². The van der Waals surface area contributed by atoms with Gasteiger partial charge in [-0.25, -0.2) is 0 Å². The van der Waals surface area contributed by atoms with Gasteiger partial charge in [0.25, 0.3) is 0 Å². The zero-order valence-electron chi connectivity index (χ0n) is 10.5. The van der Waals surface area contributed by atoms with Crippen molar-refractivity contribution in [3.05, 3.63) is 0 Å². The first-order chi connectivity index (χ1) is 7.33. The van der Waals surface area contributed by atoms with Crippen LogP contribution in [0.4, 0.5) is 0 Å². The summed E-state index contributed by atoms with van der Waals surface area (Å²) in [6.07, 6.45) is 6.99. The van der Waals surface area contributed by atoms with E-state index in [2.05, 4.69) is 18.7 Å². The Kier molecular flexibility index (Phi) is 7.03. The summed E-state index contributed by atoms with van der Waals surface area (Å²) in [6, 6.07) is 0. The Morgan fingerprint density at radius 2 is 1.87 bits per heavy atom. The molecule has 1 unspecified atom stereocenters. The van der Waals surface area contributed by atoms with Crippen LogP contribution in [0.3, 0.4) is 0 Å². The molecule has 0 spiro atoms. The van der Waals surface area contributed by atoms with Gasteiger partial charge in [0, 0.05) is 19.6 Å². The van der Waals surface area contributed by atoms with Gasteiger partial charge in [-0.3, -0.25) is 4.90 Å². The lowest BCUT2D eigenvalue weighted by Gasteiger charge is -2.29.